The molecule has 0 saturated heterocycles. The molecule has 0 bridgehead atoms. The molecule has 22 heavy (non-hydrogen) atoms. The summed E-state index contributed by atoms with van der Waals surface area (Å²) in [7, 11) is -3.54. The SMILES string of the molecule is CS(=O)(=O)c1nnc(-c2ccncc2)n1-c1ccc(Cl)cc1. The minimum Gasteiger partial charge on any atom is -0.266 e. The van der Waals surface area contributed by atoms with Gasteiger partial charge in [0.05, 0.1) is 5.69 Å². The van der Waals surface area contributed by atoms with Crippen molar-refractivity contribution < 1.29 is 8.42 Å². The molecule has 0 saturated carbocycles. The number of halogens is 1. The first-order chi connectivity index (χ1) is 10.5. The van der Waals surface area contributed by atoms with E-state index in [-0.39, 0.29) is 5.16 Å². The van der Waals surface area contributed by atoms with E-state index in [4.69, 9.17) is 11.6 Å². The van der Waals surface area contributed by atoms with Gasteiger partial charge in [-0.25, -0.2) is 8.42 Å². The van der Waals surface area contributed by atoms with Gasteiger partial charge in [-0.15, -0.1) is 10.2 Å². The van der Waals surface area contributed by atoms with Gasteiger partial charge in [0.2, 0.25) is 9.84 Å². The Morgan fingerprint density at radius 2 is 1.64 bits per heavy atom. The van der Waals surface area contributed by atoms with E-state index in [1.807, 2.05) is 0 Å². The number of aromatic nitrogens is 4. The third-order valence-corrected chi connectivity index (χ3v) is 4.17. The first kappa shape index (κ1) is 14.7. The second-order valence-corrected chi connectivity index (χ2v) is 6.97. The van der Waals surface area contributed by atoms with E-state index < -0.39 is 9.84 Å². The van der Waals surface area contributed by atoms with Gasteiger partial charge in [-0.1, -0.05) is 11.6 Å². The average molecular weight is 335 g/mol. The predicted molar refractivity (Wildman–Crippen MR) is 82.7 cm³/mol. The van der Waals surface area contributed by atoms with E-state index in [0.29, 0.717) is 22.1 Å². The summed E-state index contributed by atoms with van der Waals surface area (Å²) in [5.74, 6) is 0.421. The Kier molecular flexibility index (Phi) is 3.67. The highest BCUT2D eigenvalue weighted by atomic mass is 35.5. The van der Waals surface area contributed by atoms with E-state index in [2.05, 4.69) is 15.2 Å². The summed E-state index contributed by atoms with van der Waals surface area (Å²) in [6.07, 6.45) is 4.31. The van der Waals surface area contributed by atoms with Crippen LogP contribution < -0.4 is 0 Å². The number of pyridine rings is 1. The van der Waals surface area contributed by atoms with Crippen molar-refractivity contribution in [3.8, 4) is 17.1 Å². The largest absolute Gasteiger partial charge is 0.266 e. The first-order valence-corrected chi connectivity index (χ1v) is 8.55. The average Bonchev–Trinajstić information content (AvgIpc) is 2.94. The molecule has 6 nitrogen and oxygen atoms in total. The van der Waals surface area contributed by atoms with Crippen LogP contribution in [0.5, 0.6) is 0 Å². The number of sulfone groups is 1. The van der Waals surface area contributed by atoms with Crippen molar-refractivity contribution in [3.05, 3.63) is 53.8 Å². The van der Waals surface area contributed by atoms with Crippen LogP contribution >= 0.6 is 11.6 Å². The predicted octanol–water partition coefficient (Wildman–Crippen LogP) is 2.39. The molecule has 0 amide bonds. The number of benzene rings is 1. The maximum atomic E-state index is 12.0. The summed E-state index contributed by atoms with van der Waals surface area (Å²) in [5, 5.41) is 8.29. The molecule has 2 aromatic heterocycles. The van der Waals surface area contributed by atoms with Crippen molar-refractivity contribution >= 4 is 21.4 Å². The fourth-order valence-electron chi connectivity index (χ4n) is 2.02. The zero-order valence-electron chi connectivity index (χ0n) is 11.5. The minimum absolute atomic E-state index is 0.123. The minimum atomic E-state index is -3.54. The quantitative estimate of drug-likeness (QED) is 0.735. The van der Waals surface area contributed by atoms with Crippen LogP contribution in [0, 0.1) is 0 Å². The molecule has 3 rings (SSSR count). The highest BCUT2D eigenvalue weighted by Gasteiger charge is 2.22. The Morgan fingerprint density at radius 3 is 2.23 bits per heavy atom. The highest BCUT2D eigenvalue weighted by Crippen LogP contribution is 2.25. The molecular formula is C14H11ClN4O2S. The van der Waals surface area contributed by atoms with Gasteiger partial charge in [-0.2, -0.15) is 0 Å². The van der Waals surface area contributed by atoms with Crippen molar-refractivity contribution in [2.24, 2.45) is 0 Å². The van der Waals surface area contributed by atoms with E-state index in [0.717, 1.165) is 6.26 Å². The lowest BCUT2D eigenvalue weighted by Crippen LogP contribution is -2.08. The Bertz CT molecular complexity index is 906. The monoisotopic (exact) mass is 334 g/mol. The van der Waals surface area contributed by atoms with Crippen LogP contribution in [-0.4, -0.2) is 34.4 Å². The third kappa shape index (κ3) is 2.72. The second kappa shape index (κ2) is 5.51. The molecule has 0 aliphatic rings. The Morgan fingerprint density at radius 1 is 1.00 bits per heavy atom. The third-order valence-electron chi connectivity index (χ3n) is 2.99. The van der Waals surface area contributed by atoms with Crippen LogP contribution in [-0.2, 0) is 9.84 Å². The van der Waals surface area contributed by atoms with E-state index in [1.165, 1.54) is 4.57 Å². The standard InChI is InChI=1S/C14H11ClN4O2S/c1-22(20,21)14-18-17-13(10-6-8-16-9-7-10)19(14)12-4-2-11(15)3-5-12/h2-9H,1H3. The van der Waals surface area contributed by atoms with Gasteiger partial charge in [0.25, 0.3) is 5.16 Å². The normalized spacial score (nSPS) is 11.5. The molecule has 1 aromatic carbocycles. The molecule has 0 radical (unpaired) electrons. The van der Waals surface area contributed by atoms with Gasteiger partial charge in [-0.05, 0) is 36.4 Å². The molecular weight excluding hydrogens is 324 g/mol. The molecule has 0 atom stereocenters. The van der Waals surface area contributed by atoms with Crippen LogP contribution in [0.15, 0.2) is 53.9 Å². The van der Waals surface area contributed by atoms with Crippen molar-refractivity contribution in [2.75, 3.05) is 6.26 Å². The smallest absolute Gasteiger partial charge is 0.254 e. The number of hydrogen-bond acceptors (Lipinski definition) is 5. The molecule has 3 aromatic rings. The number of hydrogen-bond donors (Lipinski definition) is 0. The maximum absolute atomic E-state index is 12.0. The number of nitrogens with zero attached hydrogens (tertiary/aromatic N) is 4. The number of rotatable bonds is 3. The molecule has 0 unspecified atom stereocenters. The molecule has 0 aliphatic carbocycles. The summed E-state index contributed by atoms with van der Waals surface area (Å²) in [4.78, 5) is 3.95. The topological polar surface area (TPSA) is 77.7 Å². The summed E-state index contributed by atoms with van der Waals surface area (Å²) in [6, 6.07) is 10.3. The summed E-state index contributed by atoms with van der Waals surface area (Å²) >= 11 is 5.89. The Balaban J connectivity index is 2.29. The van der Waals surface area contributed by atoms with Gasteiger partial charge in [0.1, 0.15) is 0 Å². The zero-order chi connectivity index (χ0) is 15.7. The van der Waals surface area contributed by atoms with Crippen LogP contribution in [0.3, 0.4) is 0 Å². The lowest BCUT2D eigenvalue weighted by Gasteiger charge is -2.09. The Hall–Kier alpha value is -2.25. The Labute approximate surface area is 132 Å². The molecule has 112 valence electrons. The summed E-state index contributed by atoms with van der Waals surface area (Å²) in [5.41, 5.74) is 1.33. The fourth-order valence-corrected chi connectivity index (χ4v) is 2.86. The van der Waals surface area contributed by atoms with Crippen molar-refractivity contribution in [1.82, 2.24) is 19.7 Å². The van der Waals surface area contributed by atoms with Gasteiger partial charge < -0.3 is 0 Å². The summed E-state index contributed by atoms with van der Waals surface area (Å²) in [6.45, 7) is 0. The molecule has 8 heteroatoms. The van der Waals surface area contributed by atoms with E-state index >= 15 is 0 Å². The van der Waals surface area contributed by atoms with E-state index in [1.54, 1.807) is 48.8 Å². The lowest BCUT2D eigenvalue weighted by molar-refractivity contribution is 0.589. The zero-order valence-corrected chi connectivity index (χ0v) is 13.1. The second-order valence-electron chi connectivity index (χ2n) is 4.63. The van der Waals surface area contributed by atoms with Crippen molar-refractivity contribution in [3.63, 3.8) is 0 Å². The van der Waals surface area contributed by atoms with Gasteiger partial charge in [0.15, 0.2) is 5.82 Å². The maximum Gasteiger partial charge on any atom is 0.254 e. The van der Waals surface area contributed by atoms with Crippen LogP contribution in [0.4, 0.5) is 0 Å². The van der Waals surface area contributed by atoms with Crippen LogP contribution in [0.1, 0.15) is 0 Å². The van der Waals surface area contributed by atoms with E-state index in [9.17, 15) is 8.42 Å². The molecule has 2 heterocycles. The van der Waals surface area contributed by atoms with Crippen LogP contribution in [0.2, 0.25) is 5.02 Å². The van der Waals surface area contributed by atoms with Gasteiger partial charge >= 0.3 is 0 Å². The summed E-state index contributed by atoms with van der Waals surface area (Å²) < 4.78 is 25.4. The van der Waals surface area contributed by atoms with Gasteiger partial charge in [-0.3, -0.25) is 9.55 Å². The molecule has 0 aliphatic heterocycles. The highest BCUT2D eigenvalue weighted by molar-refractivity contribution is 7.90. The fraction of sp³-hybridized carbons (Fsp3) is 0.0714. The lowest BCUT2D eigenvalue weighted by atomic mass is 10.2. The van der Waals surface area contributed by atoms with Gasteiger partial charge in [0, 0.05) is 29.2 Å². The van der Waals surface area contributed by atoms with Crippen molar-refractivity contribution in [1.29, 1.82) is 0 Å². The molecule has 0 spiro atoms. The molecule has 0 fully saturated rings. The molecule has 0 N–H and O–H groups in total. The van der Waals surface area contributed by atoms with Crippen molar-refractivity contribution in [2.45, 2.75) is 5.16 Å². The first-order valence-electron chi connectivity index (χ1n) is 6.28. The van der Waals surface area contributed by atoms with Crippen LogP contribution in [0.25, 0.3) is 17.1 Å².